The molecule has 3 nitrogen and oxygen atoms in total. The number of hydrogen-bond acceptors (Lipinski definition) is 4. The predicted molar refractivity (Wildman–Crippen MR) is 62.1 cm³/mol. The van der Waals surface area contributed by atoms with E-state index in [-0.39, 0.29) is 5.38 Å². The number of rotatable bonds is 6. The van der Waals surface area contributed by atoms with Gasteiger partial charge in [-0.3, -0.25) is 0 Å². The number of nitrogens with zero attached hydrogens (tertiary/aromatic N) is 2. The molecule has 0 aliphatic rings. The lowest BCUT2D eigenvalue weighted by atomic mass is 9.99. The van der Waals surface area contributed by atoms with Crippen molar-refractivity contribution in [3.8, 4) is 0 Å². The zero-order valence-electron chi connectivity index (χ0n) is 8.53. The van der Waals surface area contributed by atoms with Crippen LogP contribution in [0.4, 0.5) is 5.13 Å². The van der Waals surface area contributed by atoms with Crippen molar-refractivity contribution in [2.75, 3.05) is 11.9 Å². The summed E-state index contributed by atoms with van der Waals surface area (Å²) in [6.45, 7) is 5.12. The van der Waals surface area contributed by atoms with E-state index in [2.05, 4.69) is 28.5 Å². The molecular weight excluding hydrogens is 218 g/mol. The summed E-state index contributed by atoms with van der Waals surface area (Å²) in [6.07, 6.45) is 3.80. The van der Waals surface area contributed by atoms with Crippen LogP contribution in [0.2, 0.25) is 0 Å². The number of anilines is 1. The summed E-state index contributed by atoms with van der Waals surface area (Å²) >= 11 is 7.62. The number of halogens is 1. The molecule has 0 aliphatic carbocycles. The molecule has 1 aromatic heterocycles. The molecule has 0 radical (unpaired) electrons. The smallest absolute Gasteiger partial charge is 0.202 e. The van der Waals surface area contributed by atoms with Crippen LogP contribution in [-0.2, 0) is 0 Å². The van der Waals surface area contributed by atoms with Crippen LogP contribution in [0.15, 0.2) is 6.33 Å². The highest BCUT2D eigenvalue weighted by Gasteiger charge is 2.15. The summed E-state index contributed by atoms with van der Waals surface area (Å²) in [6, 6.07) is 0. The normalized spacial score (nSPS) is 13.1. The highest BCUT2D eigenvalue weighted by molar-refractivity contribution is 7.09. The summed E-state index contributed by atoms with van der Waals surface area (Å²) in [4.78, 5) is 4.04. The molecule has 1 N–H and O–H groups in total. The van der Waals surface area contributed by atoms with Gasteiger partial charge in [-0.15, -0.1) is 11.6 Å². The summed E-state index contributed by atoms with van der Waals surface area (Å²) < 4.78 is 3.91. The van der Waals surface area contributed by atoms with Gasteiger partial charge in [-0.25, -0.2) is 4.98 Å². The van der Waals surface area contributed by atoms with Gasteiger partial charge in [0.25, 0.3) is 0 Å². The third-order valence-electron chi connectivity index (χ3n) is 2.37. The van der Waals surface area contributed by atoms with Crippen LogP contribution in [0.3, 0.4) is 0 Å². The van der Waals surface area contributed by atoms with Crippen molar-refractivity contribution >= 4 is 28.3 Å². The Bertz CT molecular complexity index is 236. The Morgan fingerprint density at radius 1 is 1.50 bits per heavy atom. The molecule has 1 rings (SSSR count). The molecule has 14 heavy (non-hydrogen) atoms. The molecule has 0 aliphatic heterocycles. The van der Waals surface area contributed by atoms with Crippen LogP contribution >= 0.6 is 23.1 Å². The van der Waals surface area contributed by atoms with Gasteiger partial charge in [-0.1, -0.05) is 26.7 Å². The standard InChI is InChI=1S/C9H16ClN3S/c1-3-7(4-2)8(10)5-11-9-12-6-13-14-9/h6-8H,3-5H2,1-2H3,(H,11,12,13). The van der Waals surface area contributed by atoms with Crippen molar-refractivity contribution in [1.29, 1.82) is 0 Å². The first kappa shape index (κ1) is 11.7. The first-order valence-corrected chi connectivity index (χ1v) is 6.13. The third-order valence-corrected chi connectivity index (χ3v) is 3.50. The second kappa shape index (κ2) is 6.19. The van der Waals surface area contributed by atoms with Crippen LogP contribution in [0, 0.1) is 5.92 Å². The molecule has 0 bridgehead atoms. The van der Waals surface area contributed by atoms with Crippen LogP contribution in [0.1, 0.15) is 26.7 Å². The molecule has 5 heteroatoms. The van der Waals surface area contributed by atoms with Gasteiger partial charge < -0.3 is 5.32 Å². The topological polar surface area (TPSA) is 37.8 Å². The summed E-state index contributed by atoms with van der Waals surface area (Å²) in [5, 5.41) is 4.21. The molecule has 0 spiro atoms. The molecule has 0 saturated heterocycles. The molecule has 1 unspecified atom stereocenters. The van der Waals surface area contributed by atoms with E-state index in [1.165, 1.54) is 11.5 Å². The molecule has 1 atom stereocenters. The maximum Gasteiger partial charge on any atom is 0.202 e. The number of hydrogen-bond donors (Lipinski definition) is 1. The minimum atomic E-state index is 0.175. The van der Waals surface area contributed by atoms with Gasteiger partial charge in [0.15, 0.2) is 0 Å². The van der Waals surface area contributed by atoms with Crippen LogP contribution in [0.5, 0.6) is 0 Å². The summed E-state index contributed by atoms with van der Waals surface area (Å²) in [7, 11) is 0. The Morgan fingerprint density at radius 3 is 2.71 bits per heavy atom. The minimum Gasteiger partial charge on any atom is -0.359 e. The zero-order chi connectivity index (χ0) is 10.4. The van der Waals surface area contributed by atoms with E-state index in [1.807, 2.05) is 0 Å². The van der Waals surface area contributed by atoms with Gasteiger partial charge in [-0.05, 0) is 5.92 Å². The minimum absolute atomic E-state index is 0.175. The van der Waals surface area contributed by atoms with Gasteiger partial charge in [-0.2, -0.15) is 4.37 Å². The maximum absolute atomic E-state index is 6.26. The van der Waals surface area contributed by atoms with E-state index in [0.717, 1.165) is 24.5 Å². The second-order valence-corrected chi connectivity index (χ2v) is 4.56. The fourth-order valence-corrected chi connectivity index (χ4v) is 2.27. The highest BCUT2D eigenvalue weighted by Crippen LogP contribution is 2.19. The van der Waals surface area contributed by atoms with E-state index in [1.54, 1.807) is 6.33 Å². The van der Waals surface area contributed by atoms with Crippen LogP contribution < -0.4 is 5.32 Å². The molecule has 0 saturated carbocycles. The van der Waals surface area contributed by atoms with Gasteiger partial charge in [0.05, 0.1) is 5.38 Å². The van der Waals surface area contributed by atoms with Crippen molar-refractivity contribution in [2.24, 2.45) is 5.92 Å². The summed E-state index contributed by atoms with van der Waals surface area (Å²) in [5.41, 5.74) is 0. The Balaban J connectivity index is 2.30. The van der Waals surface area contributed by atoms with E-state index in [4.69, 9.17) is 11.6 Å². The van der Waals surface area contributed by atoms with Gasteiger partial charge in [0.1, 0.15) is 6.33 Å². The van der Waals surface area contributed by atoms with Crippen molar-refractivity contribution < 1.29 is 0 Å². The second-order valence-electron chi connectivity index (χ2n) is 3.22. The molecule has 80 valence electrons. The molecule has 0 aromatic carbocycles. The summed E-state index contributed by atoms with van der Waals surface area (Å²) in [5.74, 6) is 0.581. The first-order valence-electron chi connectivity index (χ1n) is 4.92. The average Bonchev–Trinajstić information content (AvgIpc) is 2.69. The molecular formula is C9H16ClN3S. The van der Waals surface area contributed by atoms with Gasteiger partial charge in [0.2, 0.25) is 5.13 Å². The Morgan fingerprint density at radius 2 is 2.21 bits per heavy atom. The SMILES string of the molecule is CCC(CC)C(Cl)CNc1ncns1. The highest BCUT2D eigenvalue weighted by atomic mass is 35.5. The lowest BCUT2D eigenvalue weighted by Gasteiger charge is -2.18. The molecule has 0 amide bonds. The number of nitrogens with one attached hydrogen (secondary N) is 1. The van der Waals surface area contributed by atoms with Crippen molar-refractivity contribution in [3.05, 3.63) is 6.33 Å². The van der Waals surface area contributed by atoms with Crippen LogP contribution in [-0.4, -0.2) is 21.3 Å². The quantitative estimate of drug-likeness (QED) is 0.768. The molecule has 1 aromatic rings. The predicted octanol–water partition coefficient (Wildman–Crippen LogP) is 2.99. The Kier molecular flexibility index (Phi) is 5.19. The van der Waals surface area contributed by atoms with E-state index in [0.29, 0.717) is 5.92 Å². The third kappa shape index (κ3) is 3.42. The first-order chi connectivity index (χ1) is 6.77. The number of alkyl halides is 1. The Labute approximate surface area is 94.1 Å². The van der Waals surface area contributed by atoms with E-state index in [9.17, 15) is 0 Å². The lowest BCUT2D eigenvalue weighted by Crippen LogP contribution is -2.22. The fraction of sp³-hybridized carbons (Fsp3) is 0.778. The monoisotopic (exact) mass is 233 g/mol. The van der Waals surface area contributed by atoms with E-state index < -0.39 is 0 Å². The van der Waals surface area contributed by atoms with E-state index >= 15 is 0 Å². The molecule has 1 heterocycles. The maximum atomic E-state index is 6.26. The van der Waals surface area contributed by atoms with Crippen LogP contribution in [0.25, 0.3) is 0 Å². The van der Waals surface area contributed by atoms with Gasteiger partial charge >= 0.3 is 0 Å². The molecule has 0 fully saturated rings. The lowest BCUT2D eigenvalue weighted by molar-refractivity contribution is 0.475. The average molecular weight is 234 g/mol. The van der Waals surface area contributed by atoms with Gasteiger partial charge in [0, 0.05) is 18.1 Å². The number of aromatic nitrogens is 2. The zero-order valence-corrected chi connectivity index (χ0v) is 10.1. The Hall–Kier alpha value is -0.350. The van der Waals surface area contributed by atoms with Crippen molar-refractivity contribution in [3.63, 3.8) is 0 Å². The van der Waals surface area contributed by atoms with Crippen molar-refractivity contribution in [1.82, 2.24) is 9.36 Å². The van der Waals surface area contributed by atoms with Crippen molar-refractivity contribution in [2.45, 2.75) is 32.1 Å². The largest absolute Gasteiger partial charge is 0.359 e. The fourth-order valence-electron chi connectivity index (χ4n) is 1.40.